The second-order valence-electron chi connectivity index (χ2n) is 6.86. The number of rotatable bonds is 4. The molecule has 0 amide bonds. The molecule has 0 aliphatic carbocycles. The molecule has 0 saturated carbocycles. The lowest BCUT2D eigenvalue weighted by Gasteiger charge is -2.36. The van der Waals surface area contributed by atoms with Crippen LogP contribution >= 0.6 is 0 Å². The van der Waals surface area contributed by atoms with Crippen LogP contribution in [0.25, 0.3) is 0 Å². The first-order valence-corrected chi connectivity index (χ1v) is 9.12. The number of nitrogens with one attached hydrogen (secondary N) is 1. The summed E-state index contributed by atoms with van der Waals surface area (Å²) in [6.07, 6.45) is -4.88. The summed E-state index contributed by atoms with van der Waals surface area (Å²) in [5, 5.41) is 4.34. The van der Waals surface area contributed by atoms with Crippen molar-refractivity contribution in [2.45, 2.75) is 17.8 Å². The minimum Gasteiger partial charge on any atom is -0.497 e. The third kappa shape index (κ3) is 2.93. The fraction of sp³-hybridized carbons (Fsp3) is 0.286. The highest BCUT2D eigenvalue weighted by atomic mass is 19.4. The van der Waals surface area contributed by atoms with E-state index in [0.717, 1.165) is 12.2 Å². The predicted octanol–water partition coefficient (Wildman–Crippen LogP) is 3.43. The molecule has 1 fully saturated rings. The standard InChI is InChI=1S/C21H19F3N2O4/c1-28-15-10-8-14(9-11-15)20-16(19(27)29-2)18(21(22,23)24)30-26(20)12-25-17(20)13-6-4-3-5-7-13/h3-11,17,25H,12H2,1-2H3. The van der Waals surface area contributed by atoms with Crippen LogP contribution in [0.5, 0.6) is 5.75 Å². The van der Waals surface area contributed by atoms with E-state index in [-0.39, 0.29) is 6.67 Å². The van der Waals surface area contributed by atoms with Crippen LogP contribution in [0.2, 0.25) is 0 Å². The molecule has 2 heterocycles. The van der Waals surface area contributed by atoms with E-state index in [0.29, 0.717) is 16.9 Å². The number of hydrogen-bond donors (Lipinski definition) is 1. The number of carbonyl (C=O) groups is 1. The fourth-order valence-corrected chi connectivity index (χ4v) is 4.14. The summed E-state index contributed by atoms with van der Waals surface area (Å²) < 4.78 is 51.6. The lowest BCUT2D eigenvalue weighted by molar-refractivity contribution is -0.203. The van der Waals surface area contributed by atoms with Gasteiger partial charge in [-0.05, 0) is 23.3 Å². The Labute approximate surface area is 170 Å². The average molecular weight is 420 g/mol. The van der Waals surface area contributed by atoms with Crippen molar-refractivity contribution < 1.29 is 32.3 Å². The first-order valence-electron chi connectivity index (χ1n) is 9.12. The molecule has 0 bridgehead atoms. The summed E-state index contributed by atoms with van der Waals surface area (Å²) in [6.45, 7) is -0.0360. The van der Waals surface area contributed by atoms with Crippen LogP contribution in [0.3, 0.4) is 0 Å². The highest BCUT2D eigenvalue weighted by Gasteiger charge is 2.66. The molecule has 6 nitrogen and oxygen atoms in total. The summed E-state index contributed by atoms with van der Waals surface area (Å²) in [4.78, 5) is 18.0. The van der Waals surface area contributed by atoms with Crippen molar-refractivity contribution in [1.82, 2.24) is 10.4 Å². The van der Waals surface area contributed by atoms with E-state index in [1.165, 1.54) is 7.11 Å². The van der Waals surface area contributed by atoms with Crippen molar-refractivity contribution >= 4 is 5.97 Å². The zero-order valence-electron chi connectivity index (χ0n) is 16.2. The molecule has 2 aromatic carbocycles. The predicted molar refractivity (Wildman–Crippen MR) is 99.9 cm³/mol. The van der Waals surface area contributed by atoms with Crippen LogP contribution in [0.15, 0.2) is 65.9 Å². The van der Waals surface area contributed by atoms with Crippen molar-refractivity contribution in [3.63, 3.8) is 0 Å². The Hall–Kier alpha value is -3.04. The van der Waals surface area contributed by atoms with E-state index in [9.17, 15) is 18.0 Å². The molecule has 0 radical (unpaired) electrons. The van der Waals surface area contributed by atoms with Gasteiger partial charge in [-0.25, -0.2) is 4.79 Å². The number of alkyl halides is 3. The molecule has 2 unspecified atom stereocenters. The van der Waals surface area contributed by atoms with Crippen molar-refractivity contribution in [3.8, 4) is 5.75 Å². The molecule has 2 aromatic rings. The van der Waals surface area contributed by atoms with Crippen LogP contribution in [-0.4, -0.2) is 38.1 Å². The molecule has 0 aromatic heterocycles. The Kier molecular flexibility index (Phi) is 4.95. The quantitative estimate of drug-likeness (QED) is 0.765. The van der Waals surface area contributed by atoms with Gasteiger partial charge in [0.2, 0.25) is 5.76 Å². The van der Waals surface area contributed by atoms with Gasteiger partial charge in [0.1, 0.15) is 16.9 Å². The summed E-state index contributed by atoms with van der Waals surface area (Å²) in [6, 6.07) is 14.7. The zero-order chi connectivity index (χ0) is 21.5. The van der Waals surface area contributed by atoms with Gasteiger partial charge in [-0.1, -0.05) is 42.5 Å². The molecular formula is C21H19F3N2O4. The summed E-state index contributed by atoms with van der Waals surface area (Å²) in [7, 11) is 2.54. The summed E-state index contributed by atoms with van der Waals surface area (Å²) in [5.74, 6) is -1.94. The third-order valence-corrected chi connectivity index (χ3v) is 5.37. The van der Waals surface area contributed by atoms with Gasteiger partial charge in [-0.2, -0.15) is 13.2 Å². The molecule has 30 heavy (non-hydrogen) atoms. The number of ether oxygens (including phenoxy) is 2. The van der Waals surface area contributed by atoms with Crippen molar-refractivity contribution in [2.75, 3.05) is 20.9 Å². The monoisotopic (exact) mass is 420 g/mol. The molecule has 2 aliphatic heterocycles. The lowest BCUT2D eigenvalue weighted by Crippen LogP contribution is -2.44. The lowest BCUT2D eigenvalue weighted by atomic mass is 9.74. The Bertz CT molecular complexity index is 976. The molecule has 9 heteroatoms. The van der Waals surface area contributed by atoms with E-state index in [1.54, 1.807) is 54.6 Å². The van der Waals surface area contributed by atoms with Gasteiger partial charge in [0.15, 0.2) is 0 Å². The highest BCUT2D eigenvalue weighted by Crippen LogP contribution is 2.57. The topological polar surface area (TPSA) is 60.0 Å². The van der Waals surface area contributed by atoms with Crippen LogP contribution in [0.1, 0.15) is 17.2 Å². The van der Waals surface area contributed by atoms with Gasteiger partial charge in [0.05, 0.1) is 26.9 Å². The Balaban J connectivity index is 2.02. The van der Waals surface area contributed by atoms with Crippen LogP contribution in [0.4, 0.5) is 13.2 Å². The number of allylic oxidation sites excluding steroid dienone is 1. The minimum atomic E-state index is -4.88. The van der Waals surface area contributed by atoms with Gasteiger partial charge in [0, 0.05) is 0 Å². The van der Waals surface area contributed by atoms with Gasteiger partial charge >= 0.3 is 12.1 Å². The molecule has 1 saturated heterocycles. The zero-order valence-corrected chi connectivity index (χ0v) is 16.2. The van der Waals surface area contributed by atoms with E-state index < -0.39 is 35.1 Å². The molecule has 2 aliphatic rings. The SMILES string of the molecule is COC(=O)C1=C(C(F)(F)F)ON2CNC(c3ccccc3)C12c1ccc(OC)cc1. The van der Waals surface area contributed by atoms with E-state index >= 15 is 0 Å². The number of halogens is 3. The number of hydroxylamine groups is 2. The largest absolute Gasteiger partial charge is 0.497 e. The maximum Gasteiger partial charge on any atom is 0.452 e. The van der Waals surface area contributed by atoms with Crippen molar-refractivity contribution in [2.24, 2.45) is 0 Å². The second kappa shape index (κ2) is 7.33. The Morgan fingerprint density at radius 3 is 2.37 bits per heavy atom. The Morgan fingerprint density at radius 2 is 1.80 bits per heavy atom. The van der Waals surface area contributed by atoms with E-state index in [1.807, 2.05) is 0 Å². The number of hydrogen-bond acceptors (Lipinski definition) is 6. The number of fused-ring (bicyclic) bond motifs is 1. The van der Waals surface area contributed by atoms with Crippen molar-refractivity contribution in [1.29, 1.82) is 0 Å². The van der Waals surface area contributed by atoms with Gasteiger partial charge in [-0.15, -0.1) is 5.06 Å². The number of nitrogens with zero attached hydrogens (tertiary/aromatic N) is 1. The second-order valence-corrected chi connectivity index (χ2v) is 6.86. The number of carbonyl (C=O) groups excluding carboxylic acids is 1. The number of benzene rings is 2. The van der Waals surface area contributed by atoms with E-state index in [2.05, 4.69) is 5.32 Å². The summed E-state index contributed by atoms with van der Waals surface area (Å²) >= 11 is 0. The maximum atomic E-state index is 13.9. The minimum absolute atomic E-state index is 0.0360. The van der Waals surface area contributed by atoms with Gasteiger partial charge < -0.3 is 14.3 Å². The number of esters is 1. The molecular weight excluding hydrogens is 401 g/mol. The van der Waals surface area contributed by atoms with Crippen LogP contribution in [-0.2, 0) is 19.9 Å². The van der Waals surface area contributed by atoms with Gasteiger partial charge in [0.25, 0.3) is 0 Å². The van der Waals surface area contributed by atoms with E-state index in [4.69, 9.17) is 14.3 Å². The van der Waals surface area contributed by atoms with Crippen molar-refractivity contribution in [3.05, 3.63) is 77.1 Å². The first kappa shape index (κ1) is 20.2. The Morgan fingerprint density at radius 1 is 1.13 bits per heavy atom. The first-order chi connectivity index (χ1) is 14.3. The molecule has 4 rings (SSSR count). The highest BCUT2D eigenvalue weighted by molar-refractivity contribution is 5.93. The molecule has 2 atom stereocenters. The number of methoxy groups -OCH3 is 2. The molecule has 0 spiro atoms. The fourth-order valence-electron chi connectivity index (χ4n) is 4.14. The summed E-state index contributed by atoms with van der Waals surface area (Å²) in [5.41, 5.74) is -1.06. The molecule has 1 N–H and O–H groups in total. The normalized spacial score (nSPS) is 23.8. The maximum absolute atomic E-state index is 13.9. The third-order valence-electron chi connectivity index (χ3n) is 5.37. The van der Waals surface area contributed by atoms with Crippen LogP contribution in [0, 0.1) is 0 Å². The van der Waals surface area contributed by atoms with Crippen LogP contribution < -0.4 is 10.1 Å². The smallest absolute Gasteiger partial charge is 0.452 e. The molecule has 158 valence electrons. The average Bonchev–Trinajstić information content (AvgIpc) is 3.29. The van der Waals surface area contributed by atoms with Gasteiger partial charge in [-0.3, -0.25) is 5.32 Å².